The van der Waals surface area contributed by atoms with Gasteiger partial charge in [-0.15, -0.1) is 22.7 Å². The van der Waals surface area contributed by atoms with Gasteiger partial charge in [-0.05, 0) is 28.8 Å². The summed E-state index contributed by atoms with van der Waals surface area (Å²) in [4.78, 5) is 5.76. The first kappa shape index (κ1) is 12.9. The van der Waals surface area contributed by atoms with Crippen molar-refractivity contribution >= 4 is 50.2 Å². The van der Waals surface area contributed by atoms with Crippen molar-refractivity contribution in [2.24, 2.45) is 0 Å². The molecule has 0 atom stereocenters. The second-order valence-electron chi connectivity index (χ2n) is 4.22. The highest BCUT2D eigenvalue weighted by atomic mass is 35.5. The first-order valence-corrected chi connectivity index (χ1v) is 8.24. The Morgan fingerprint density at radius 3 is 3.00 bits per heavy atom. The van der Waals surface area contributed by atoms with Gasteiger partial charge in [0, 0.05) is 17.5 Å². The SMILES string of the molecule is CCc1csc2c(NCc3cccs3)cc(Cl)nc12. The molecule has 0 unspecified atom stereocenters. The fourth-order valence-corrected chi connectivity index (χ4v) is 3.93. The first-order valence-electron chi connectivity index (χ1n) is 6.10. The molecule has 19 heavy (non-hydrogen) atoms. The zero-order valence-electron chi connectivity index (χ0n) is 10.4. The molecule has 0 aliphatic carbocycles. The topological polar surface area (TPSA) is 24.9 Å². The maximum atomic E-state index is 6.13. The van der Waals surface area contributed by atoms with Gasteiger partial charge in [0.25, 0.3) is 0 Å². The molecule has 3 aromatic heterocycles. The van der Waals surface area contributed by atoms with Crippen LogP contribution in [0.25, 0.3) is 10.2 Å². The van der Waals surface area contributed by atoms with Crippen molar-refractivity contribution in [3.63, 3.8) is 0 Å². The van der Waals surface area contributed by atoms with Gasteiger partial charge >= 0.3 is 0 Å². The van der Waals surface area contributed by atoms with Gasteiger partial charge in [0.15, 0.2) is 0 Å². The smallest absolute Gasteiger partial charge is 0.131 e. The molecule has 0 spiro atoms. The van der Waals surface area contributed by atoms with Crippen LogP contribution >= 0.6 is 34.3 Å². The van der Waals surface area contributed by atoms with Crippen molar-refractivity contribution in [1.82, 2.24) is 4.98 Å². The van der Waals surface area contributed by atoms with Crippen molar-refractivity contribution < 1.29 is 0 Å². The zero-order valence-corrected chi connectivity index (χ0v) is 12.8. The number of nitrogens with zero attached hydrogens (tertiary/aromatic N) is 1. The van der Waals surface area contributed by atoms with E-state index in [4.69, 9.17) is 11.6 Å². The molecule has 0 saturated carbocycles. The van der Waals surface area contributed by atoms with E-state index in [9.17, 15) is 0 Å². The summed E-state index contributed by atoms with van der Waals surface area (Å²) in [5.74, 6) is 0. The van der Waals surface area contributed by atoms with E-state index in [-0.39, 0.29) is 0 Å². The molecule has 3 rings (SSSR count). The Bertz CT molecular complexity index is 689. The third kappa shape index (κ3) is 2.61. The van der Waals surface area contributed by atoms with Gasteiger partial charge in [0.1, 0.15) is 5.15 Å². The number of aromatic nitrogens is 1. The molecule has 2 nitrogen and oxygen atoms in total. The van der Waals surface area contributed by atoms with E-state index >= 15 is 0 Å². The van der Waals surface area contributed by atoms with Crippen LogP contribution in [0.4, 0.5) is 5.69 Å². The summed E-state index contributed by atoms with van der Waals surface area (Å²) in [6.45, 7) is 2.97. The predicted molar refractivity (Wildman–Crippen MR) is 85.7 cm³/mol. The lowest BCUT2D eigenvalue weighted by Gasteiger charge is -2.07. The van der Waals surface area contributed by atoms with E-state index < -0.39 is 0 Å². The van der Waals surface area contributed by atoms with Crippen LogP contribution in [0, 0.1) is 0 Å². The van der Waals surface area contributed by atoms with E-state index in [0.29, 0.717) is 5.15 Å². The second kappa shape index (κ2) is 5.49. The molecule has 0 aliphatic rings. The van der Waals surface area contributed by atoms with Crippen LogP contribution in [-0.2, 0) is 13.0 Å². The molecule has 0 amide bonds. The van der Waals surface area contributed by atoms with E-state index in [1.165, 1.54) is 15.1 Å². The largest absolute Gasteiger partial charge is 0.379 e. The molecule has 3 heterocycles. The average molecular weight is 309 g/mol. The van der Waals surface area contributed by atoms with Crippen LogP contribution in [-0.4, -0.2) is 4.98 Å². The van der Waals surface area contributed by atoms with E-state index in [1.54, 1.807) is 22.7 Å². The standard InChI is InChI=1S/C14H13ClN2S2/c1-2-9-8-19-14-11(6-12(15)17-13(9)14)16-7-10-4-3-5-18-10/h3-6,8H,2,7H2,1H3,(H,16,17). The normalized spacial score (nSPS) is 11.1. The summed E-state index contributed by atoms with van der Waals surface area (Å²) in [5.41, 5.74) is 3.38. The van der Waals surface area contributed by atoms with E-state index in [0.717, 1.165) is 24.2 Å². The molecule has 0 aromatic carbocycles. The van der Waals surface area contributed by atoms with Crippen LogP contribution in [0.3, 0.4) is 0 Å². The third-order valence-corrected chi connectivity index (χ3v) is 5.10. The monoisotopic (exact) mass is 308 g/mol. The maximum absolute atomic E-state index is 6.13. The highest BCUT2D eigenvalue weighted by Gasteiger charge is 2.10. The lowest BCUT2D eigenvalue weighted by Crippen LogP contribution is -1.98. The Hall–Kier alpha value is -1.10. The van der Waals surface area contributed by atoms with Gasteiger partial charge < -0.3 is 5.32 Å². The number of thiophene rings is 2. The van der Waals surface area contributed by atoms with Gasteiger partial charge in [-0.25, -0.2) is 4.98 Å². The summed E-state index contributed by atoms with van der Waals surface area (Å²) < 4.78 is 1.19. The number of anilines is 1. The molecule has 98 valence electrons. The highest BCUT2D eigenvalue weighted by Crippen LogP contribution is 2.33. The minimum atomic E-state index is 0.550. The van der Waals surface area contributed by atoms with Gasteiger partial charge in [-0.2, -0.15) is 0 Å². The highest BCUT2D eigenvalue weighted by molar-refractivity contribution is 7.18. The van der Waals surface area contributed by atoms with Gasteiger partial charge in [-0.1, -0.05) is 24.6 Å². The molecule has 0 fully saturated rings. The number of rotatable bonds is 4. The van der Waals surface area contributed by atoms with Gasteiger partial charge in [0.05, 0.1) is 15.9 Å². The van der Waals surface area contributed by atoms with Crippen molar-refractivity contribution in [1.29, 1.82) is 0 Å². The average Bonchev–Trinajstić information content (AvgIpc) is 3.04. The van der Waals surface area contributed by atoms with Crippen molar-refractivity contribution in [2.45, 2.75) is 19.9 Å². The number of pyridine rings is 1. The molecular formula is C14H13ClN2S2. The number of halogens is 1. The van der Waals surface area contributed by atoms with E-state index in [1.807, 2.05) is 6.07 Å². The third-order valence-electron chi connectivity index (χ3n) is 2.98. The lowest BCUT2D eigenvalue weighted by atomic mass is 10.2. The number of fused-ring (bicyclic) bond motifs is 1. The molecule has 5 heteroatoms. The molecule has 0 radical (unpaired) electrons. The number of nitrogens with one attached hydrogen (secondary N) is 1. The van der Waals surface area contributed by atoms with Crippen LogP contribution in [0.15, 0.2) is 29.0 Å². The van der Waals surface area contributed by atoms with Crippen molar-refractivity contribution in [3.05, 3.63) is 44.6 Å². The van der Waals surface area contributed by atoms with Crippen LogP contribution in [0.1, 0.15) is 17.4 Å². The quantitative estimate of drug-likeness (QED) is 0.671. The number of hydrogen-bond donors (Lipinski definition) is 1. The Kier molecular flexibility index (Phi) is 3.73. The van der Waals surface area contributed by atoms with Crippen molar-refractivity contribution in [2.75, 3.05) is 5.32 Å². The van der Waals surface area contributed by atoms with Gasteiger partial charge in [0.2, 0.25) is 0 Å². The molecule has 1 N–H and O–H groups in total. The Morgan fingerprint density at radius 1 is 1.37 bits per heavy atom. The molecule has 0 bridgehead atoms. The fraction of sp³-hybridized carbons (Fsp3) is 0.214. The summed E-state index contributed by atoms with van der Waals surface area (Å²) >= 11 is 9.61. The molecular weight excluding hydrogens is 296 g/mol. The number of aryl methyl sites for hydroxylation is 1. The Morgan fingerprint density at radius 2 is 2.26 bits per heavy atom. The summed E-state index contributed by atoms with van der Waals surface area (Å²) in [6.07, 6.45) is 0.984. The minimum absolute atomic E-state index is 0.550. The fourth-order valence-electron chi connectivity index (χ4n) is 2.00. The molecule has 3 aromatic rings. The summed E-state index contributed by atoms with van der Waals surface area (Å²) in [5, 5.41) is 8.28. The van der Waals surface area contributed by atoms with Crippen LogP contribution in [0.5, 0.6) is 0 Å². The summed E-state index contributed by atoms with van der Waals surface area (Å²) in [7, 11) is 0. The lowest BCUT2D eigenvalue weighted by molar-refractivity contribution is 1.15. The first-order chi connectivity index (χ1) is 9.28. The van der Waals surface area contributed by atoms with Crippen LogP contribution < -0.4 is 5.32 Å². The molecule has 0 saturated heterocycles. The van der Waals surface area contributed by atoms with Gasteiger partial charge in [-0.3, -0.25) is 0 Å². The Balaban J connectivity index is 1.96. The Labute approximate surface area is 125 Å². The van der Waals surface area contributed by atoms with Crippen molar-refractivity contribution in [3.8, 4) is 0 Å². The maximum Gasteiger partial charge on any atom is 0.131 e. The number of hydrogen-bond acceptors (Lipinski definition) is 4. The predicted octanol–water partition coefficient (Wildman–Crippen LogP) is 5.19. The second-order valence-corrected chi connectivity index (χ2v) is 6.52. The van der Waals surface area contributed by atoms with Crippen LogP contribution in [0.2, 0.25) is 5.15 Å². The zero-order chi connectivity index (χ0) is 13.2. The van der Waals surface area contributed by atoms with E-state index in [2.05, 4.69) is 40.1 Å². The summed E-state index contributed by atoms with van der Waals surface area (Å²) in [6, 6.07) is 6.11. The molecule has 0 aliphatic heterocycles. The minimum Gasteiger partial charge on any atom is -0.379 e.